The van der Waals surface area contributed by atoms with E-state index in [0.29, 0.717) is 6.42 Å². The Hall–Kier alpha value is -2.34. The molecule has 0 aliphatic carbocycles. The first-order valence-corrected chi connectivity index (χ1v) is 7.60. The van der Waals surface area contributed by atoms with Crippen molar-refractivity contribution in [2.24, 2.45) is 7.05 Å². The highest BCUT2D eigenvalue weighted by atomic mass is 35.5. The molecule has 6 nitrogen and oxygen atoms in total. The maximum atomic E-state index is 12.3. The van der Waals surface area contributed by atoms with E-state index < -0.39 is 17.9 Å². The Morgan fingerprint density at radius 3 is 2.61 bits per heavy atom. The van der Waals surface area contributed by atoms with Crippen LogP contribution in [0.2, 0.25) is 5.15 Å². The third kappa shape index (κ3) is 4.56. The van der Waals surface area contributed by atoms with Gasteiger partial charge in [0.25, 0.3) is 5.91 Å². The number of esters is 1. The van der Waals surface area contributed by atoms with E-state index in [9.17, 15) is 9.59 Å². The average molecular weight is 336 g/mol. The summed E-state index contributed by atoms with van der Waals surface area (Å²) in [6.45, 7) is 1.97. The Morgan fingerprint density at radius 1 is 1.35 bits per heavy atom. The van der Waals surface area contributed by atoms with Crippen LogP contribution in [-0.4, -0.2) is 34.3 Å². The van der Waals surface area contributed by atoms with Crippen LogP contribution in [0.5, 0.6) is 0 Å². The van der Waals surface area contributed by atoms with Crippen LogP contribution in [0.1, 0.15) is 23.0 Å². The van der Waals surface area contributed by atoms with Crippen LogP contribution >= 0.6 is 11.6 Å². The molecule has 0 aliphatic rings. The van der Waals surface area contributed by atoms with Gasteiger partial charge in [-0.25, -0.2) is 4.79 Å². The fourth-order valence-electron chi connectivity index (χ4n) is 2.16. The molecule has 1 amide bonds. The van der Waals surface area contributed by atoms with Crippen molar-refractivity contribution >= 4 is 23.5 Å². The Morgan fingerprint density at radius 2 is 2.04 bits per heavy atom. The van der Waals surface area contributed by atoms with Crippen molar-refractivity contribution in [3.05, 3.63) is 52.8 Å². The highest BCUT2D eigenvalue weighted by Crippen LogP contribution is 2.10. The second kappa shape index (κ2) is 7.78. The van der Waals surface area contributed by atoms with Gasteiger partial charge in [0.05, 0.1) is 6.61 Å². The molecule has 0 fully saturated rings. The molecule has 0 unspecified atom stereocenters. The number of benzene rings is 1. The quantitative estimate of drug-likeness (QED) is 0.819. The third-order valence-electron chi connectivity index (χ3n) is 3.24. The fourth-order valence-corrected chi connectivity index (χ4v) is 2.38. The largest absolute Gasteiger partial charge is 0.464 e. The maximum absolute atomic E-state index is 12.3. The Labute approximate surface area is 139 Å². The Bertz CT molecular complexity index is 685. The van der Waals surface area contributed by atoms with Gasteiger partial charge in [0.2, 0.25) is 0 Å². The zero-order valence-corrected chi connectivity index (χ0v) is 13.7. The van der Waals surface area contributed by atoms with Crippen LogP contribution in [0, 0.1) is 0 Å². The molecule has 2 aromatic rings. The molecule has 0 bridgehead atoms. The Balaban J connectivity index is 2.15. The summed E-state index contributed by atoms with van der Waals surface area (Å²) in [6, 6.07) is 10.1. The fraction of sp³-hybridized carbons (Fsp3) is 0.312. The molecular formula is C16H18ClN3O3. The summed E-state index contributed by atoms with van der Waals surface area (Å²) in [5, 5.41) is 6.81. The smallest absolute Gasteiger partial charge is 0.328 e. The molecule has 23 heavy (non-hydrogen) atoms. The van der Waals surface area contributed by atoms with E-state index in [2.05, 4.69) is 10.4 Å². The Kier molecular flexibility index (Phi) is 5.76. The number of hydrogen-bond donors (Lipinski definition) is 1. The van der Waals surface area contributed by atoms with Crippen LogP contribution in [-0.2, 0) is 23.0 Å². The molecule has 2 rings (SSSR count). The molecule has 0 spiro atoms. The zero-order valence-electron chi connectivity index (χ0n) is 13.0. The highest BCUT2D eigenvalue weighted by molar-refractivity contribution is 6.29. The number of halogens is 1. The summed E-state index contributed by atoms with van der Waals surface area (Å²) in [6.07, 6.45) is 0.344. The van der Waals surface area contributed by atoms with Gasteiger partial charge < -0.3 is 10.1 Å². The van der Waals surface area contributed by atoms with E-state index in [-0.39, 0.29) is 17.5 Å². The van der Waals surface area contributed by atoms with Crippen molar-refractivity contribution < 1.29 is 14.3 Å². The molecular weight excluding hydrogens is 318 g/mol. The van der Waals surface area contributed by atoms with E-state index >= 15 is 0 Å². The van der Waals surface area contributed by atoms with E-state index in [4.69, 9.17) is 16.3 Å². The summed E-state index contributed by atoms with van der Waals surface area (Å²) in [4.78, 5) is 24.5. The number of nitrogens with zero attached hydrogens (tertiary/aromatic N) is 2. The van der Waals surface area contributed by atoms with Gasteiger partial charge in [-0.05, 0) is 12.5 Å². The van der Waals surface area contributed by atoms with Crippen LogP contribution < -0.4 is 5.32 Å². The number of rotatable bonds is 6. The minimum atomic E-state index is -0.779. The average Bonchev–Trinajstić information content (AvgIpc) is 2.86. The molecule has 122 valence electrons. The molecule has 1 atom stereocenters. The van der Waals surface area contributed by atoms with Crippen molar-refractivity contribution in [2.75, 3.05) is 6.61 Å². The number of aryl methyl sites for hydroxylation is 1. The molecule has 1 aromatic heterocycles. The summed E-state index contributed by atoms with van der Waals surface area (Å²) in [5.74, 6) is -0.904. The van der Waals surface area contributed by atoms with Gasteiger partial charge in [-0.3, -0.25) is 9.48 Å². The first-order chi connectivity index (χ1) is 11.0. The predicted molar refractivity (Wildman–Crippen MR) is 86.3 cm³/mol. The van der Waals surface area contributed by atoms with E-state index in [1.807, 2.05) is 30.3 Å². The lowest BCUT2D eigenvalue weighted by atomic mass is 10.1. The SMILES string of the molecule is CCOC(=O)[C@H](Cc1ccccc1)NC(=O)c1cc(Cl)nn1C. The van der Waals surface area contributed by atoms with Crippen molar-refractivity contribution in [1.82, 2.24) is 15.1 Å². The number of carbonyl (C=O) groups excluding carboxylic acids is 2. The van der Waals surface area contributed by atoms with E-state index in [1.165, 1.54) is 10.7 Å². The number of ether oxygens (including phenoxy) is 1. The molecule has 1 heterocycles. The van der Waals surface area contributed by atoms with Gasteiger partial charge in [0, 0.05) is 19.5 Å². The van der Waals surface area contributed by atoms with Gasteiger partial charge >= 0.3 is 5.97 Å². The number of aromatic nitrogens is 2. The van der Waals surface area contributed by atoms with Crippen LogP contribution in [0.15, 0.2) is 36.4 Å². The second-order valence-electron chi connectivity index (χ2n) is 4.94. The van der Waals surface area contributed by atoms with Gasteiger partial charge in [-0.2, -0.15) is 5.10 Å². The van der Waals surface area contributed by atoms with Crippen molar-refractivity contribution in [3.63, 3.8) is 0 Å². The standard InChI is InChI=1S/C16H18ClN3O3/c1-3-23-16(22)12(9-11-7-5-4-6-8-11)18-15(21)13-10-14(17)19-20(13)2/h4-8,10,12H,3,9H2,1-2H3,(H,18,21)/t12-/m0/s1. The third-order valence-corrected chi connectivity index (χ3v) is 3.43. The van der Waals surface area contributed by atoms with Crippen molar-refractivity contribution in [3.8, 4) is 0 Å². The van der Waals surface area contributed by atoms with Crippen LogP contribution in [0.25, 0.3) is 0 Å². The summed E-state index contributed by atoms with van der Waals surface area (Å²) < 4.78 is 6.41. The first-order valence-electron chi connectivity index (χ1n) is 7.22. The van der Waals surface area contributed by atoms with E-state index in [0.717, 1.165) is 5.56 Å². The minimum Gasteiger partial charge on any atom is -0.464 e. The first kappa shape index (κ1) is 17.0. The summed E-state index contributed by atoms with van der Waals surface area (Å²) in [7, 11) is 1.61. The number of hydrogen-bond acceptors (Lipinski definition) is 4. The molecule has 0 aliphatic heterocycles. The molecule has 1 N–H and O–H groups in total. The van der Waals surface area contributed by atoms with Crippen molar-refractivity contribution in [2.45, 2.75) is 19.4 Å². The van der Waals surface area contributed by atoms with Crippen molar-refractivity contribution in [1.29, 1.82) is 0 Å². The molecule has 0 radical (unpaired) electrons. The monoisotopic (exact) mass is 335 g/mol. The predicted octanol–water partition coefficient (Wildman–Crippen LogP) is 1.98. The highest BCUT2D eigenvalue weighted by Gasteiger charge is 2.24. The normalized spacial score (nSPS) is 11.8. The lowest BCUT2D eigenvalue weighted by Crippen LogP contribution is -2.44. The molecule has 7 heteroatoms. The van der Waals surface area contributed by atoms with Crippen LogP contribution in [0.4, 0.5) is 0 Å². The summed E-state index contributed by atoms with van der Waals surface area (Å²) >= 11 is 5.78. The molecule has 0 saturated heterocycles. The van der Waals surface area contributed by atoms with Gasteiger partial charge in [-0.1, -0.05) is 41.9 Å². The lowest BCUT2D eigenvalue weighted by molar-refractivity contribution is -0.145. The van der Waals surface area contributed by atoms with E-state index in [1.54, 1.807) is 14.0 Å². The number of nitrogens with one attached hydrogen (secondary N) is 1. The zero-order chi connectivity index (χ0) is 16.8. The van der Waals surface area contributed by atoms with Crippen LogP contribution in [0.3, 0.4) is 0 Å². The second-order valence-corrected chi connectivity index (χ2v) is 5.33. The molecule has 0 saturated carbocycles. The topological polar surface area (TPSA) is 73.2 Å². The van der Waals surface area contributed by atoms with Gasteiger partial charge in [0.1, 0.15) is 11.7 Å². The number of carbonyl (C=O) groups is 2. The maximum Gasteiger partial charge on any atom is 0.328 e. The minimum absolute atomic E-state index is 0.216. The lowest BCUT2D eigenvalue weighted by Gasteiger charge is -2.17. The molecule has 1 aromatic carbocycles. The number of amides is 1. The van der Waals surface area contributed by atoms with Gasteiger partial charge in [0.15, 0.2) is 5.15 Å². The van der Waals surface area contributed by atoms with Gasteiger partial charge in [-0.15, -0.1) is 0 Å². The summed E-state index contributed by atoms with van der Waals surface area (Å²) in [5.41, 5.74) is 1.20.